The van der Waals surface area contributed by atoms with E-state index in [-0.39, 0.29) is 24.5 Å². The number of hydrogen-bond donors (Lipinski definition) is 1. The Balaban J connectivity index is 1.58. The number of urea groups is 1. The highest BCUT2D eigenvalue weighted by Gasteiger charge is 2.52. The lowest BCUT2D eigenvalue weighted by molar-refractivity contribution is -0.141. The lowest BCUT2D eigenvalue weighted by Gasteiger charge is -2.33. The fourth-order valence-electron chi connectivity index (χ4n) is 3.96. The molecule has 1 saturated carbocycles. The minimum atomic E-state index is -0.744. The monoisotopic (exact) mass is 337 g/mol. The summed E-state index contributed by atoms with van der Waals surface area (Å²) in [5.41, 5.74) is -0.744. The number of imide groups is 1. The number of ether oxygens (including phenoxy) is 1. The smallest absolute Gasteiger partial charge is 0.325 e. The molecule has 0 aromatic carbocycles. The van der Waals surface area contributed by atoms with Gasteiger partial charge in [0.15, 0.2) is 0 Å². The van der Waals surface area contributed by atoms with Gasteiger partial charge in [0.2, 0.25) is 5.91 Å². The number of carbonyl (C=O) groups excluding carboxylic acids is 3. The molecule has 0 bridgehead atoms. The molecule has 1 N–H and O–H groups in total. The molecular weight excluding hydrogens is 310 g/mol. The molecule has 3 fully saturated rings. The van der Waals surface area contributed by atoms with Crippen LogP contribution in [-0.2, 0) is 14.3 Å². The van der Waals surface area contributed by atoms with Gasteiger partial charge in [-0.25, -0.2) is 4.79 Å². The van der Waals surface area contributed by atoms with Crippen LogP contribution in [0.3, 0.4) is 0 Å². The number of hydrogen-bond acceptors (Lipinski definition) is 4. The molecule has 1 aliphatic carbocycles. The van der Waals surface area contributed by atoms with Crippen LogP contribution in [0.4, 0.5) is 4.79 Å². The number of nitrogens with one attached hydrogen (secondary N) is 1. The minimum absolute atomic E-state index is 0.0620. The van der Waals surface area contributed by atoms with Crippen molar-refractivity contribution in [3.8, 4) is 0 Å². The van der Waals surface area contributed by atoms with Crippen molar-refractivity contribution in [3.05, 3.63) is 0 Å². The first-order valence-corrected chi connectivity index (χ1v) is 9.09. The van der Waals surface area contributed by atoms with Crippen LogP contribution in [0.2, 0.25) is 0 Å². The standard InChI is InChI=1S/C17H27N3O4/c1-2-10-24-13-6-5-9-19(11-13)14(21)12-20-15(22)17(18-16(20)23)7-3-4-8-17/h13H,2-12H2,1H3,(H,18,23)/t13-/m0/s1. The van der Waals surface area contributed by atoms with E-state index < -0.39 is 11.6 Å². The zero-order valence-electron chi connectivity index (χ0n) is 14.4. The summed E-state index contributed by atoms with van der Waals surface area (Å²) >= 11 is 0. The van der Waals surface area contributed by atoms with Crippen molar-refractivity contribution >= 4 is 17.8 Å². The van der Waals surface area contributed by atoms with Gasteiger partial charge < -0.3 is 15.0 Å². The fraction of sp³-hybridized carbons (Fsp3) is 0.824. The molecule has 4 amide bonds. The highest BCUT2D eigenvalue weighted by Crippen LogP contribution is 2.35. The van der Waals surface area contributed by atoms with Crippen molar-refractivity contribution in [2.45, 2.75) is 63.5 Å². The van der Waals surface area contributed by atoms with Crippen molar-refractivity contribution in [2.24, 2.45) is 0 Å². The Kier molecular flexibility index (Phi) is 5.08. The van der Waals surface area contributed by atoms with Crippen molar-refractivity contribution in [3.63, 3.8) is 0 Å². The molecular formula is C17H27N3O4. The predicted molar refractivity (Wildman–Crippen MR) is 87.3 cm³/mol. The van der Waals surface area contributed by atoms with Gasteiger partial charge in [-0.05, 0) is 32.1 Å². The Morgan fingerprint density at radius 2 is 2.04 bits per heavy atom. The van der Waals surface area contributed by atoms with Crippen molar-refractivity contribution in [1.29, 1.82) is 0 Å². The number of piperidine rings is 1. The molecule has 0 unspecified atom stereocenters. The second-order valence-electron chi connectivity index (χ2n) is 7.09. The normalized spacial score (nSPS) is 26.3. The van der Waals surface area contributed by atoms with Crippen LogP contribution in [0.5, 0.6) is 0 Å². The van der Waals surface area contributed by atoms with E-state index in [1.807, 2.05) is 0 Å². The molecule has 2 saturated heterocycles. The van der Waals surface area contributed by atoms with Gasteiger partial charge in [-0.2, -0.15) is 0 Å². The SMILES string of the molecule is CCCO[C@H]1CCCN(C(=O)CN2C(=O)NC3(CCCC3)C2=O)C1. The van der Waals surface area contributed by atoms with E-state index in [0.717, 1.165) is 37.0 Å². The van der Waals surface area contributed by atoms with Crippen LogP contribution in [0, 0.1) is 0 Å². The summed E-state index contributed by atoms with van der Waals surface area (Å²) in [5.74, 6) is -0.396. The van der Waals surface area contributed by atoms with Gasteiger partial charge in [0.05, 0.1) is 6.10 Å². The van der Waals surface area contributed by atoms with Gasteiger partial charge >= 0.3 is 6.03 Å². The maximum absolute atomic E-state index is 12.6. The van der Waals surface area contributed by atoms with Crippen molar-refractivity contribution < 1.29 is 19.1 Å². The molecule has 1 spiro atoms. The van der Waals surface area contributed by atoms with E-state index in [0.29, 0.717) is 32.5 Å². The van der Waals surface area contributed by atoms with Crippen LogP contribution in [0.1, 0.15) is 51.9 Å². The second kappa shape index (κ2) is 7.09. The molecule has 1 atom stereocenters. The highest BCUT2D eigenvalue weighted by atomic mass is 16.5. The van der Waals surface area contributed by atoms with E-state index in [9.17, 15) is 14.4 Å². The molecule has 3 rings (SSSR count). The molecule has 3 aliphatic rings. The fourth-order valence-corrected chi connectivity index (χ4v) is 3.96. The van der Waals surface area contributed by atoms with Crippen LogP contribution >= 0.6 is 0 Å². The summed E-state index contributed by atoms with van der Waals surface area (Å²) in [4.78, 5) is 40.2. The van der Waals surface area contributed by atoms with E-state index in [2.05, 4.69) is 12.2 Å². The Morgan fingerprint density at radius 1 is 1.29 bits per heavy atom. The van der Waals surface area contributed by atoms with Crippen LogP contribution in [0.25, 0.3) is 0 Å². The quantitative estimate of drug-likeness (QED) is 0.766. The molecule has 7 nitrogen and oxygen atoms in total. The Hall–Kier alpha value is -1.63. The van der Waals surface area contributed by atoms with Gasteiger partial charge in [0.1, 0.15) is 12.1 Å². The van der Waals surface area contributed by atoms with E-state index >= 15 is 0 Å². The molecule has 0 aromatic heterocycles. The average molecular weight is 337 g/mol. The third-order valence-corrected chi connectivity index (χ3v) is 5.28. The number of likely N-dealkylation sites (tertiary alicyclic amines) is 1. The van der Waals surface area contributed by atoms with Gasteiger partial charge in [-0.3, -0.25) is 14.5 Å². The van der Waals surface area contributed by atoms with E-state index in [1.54, 1.807) is 4.90 Å². The highest BCUT2D eigenvalue weighted by molar-refractivity contribution is 6.09. The van der Waals surface area contributed by atoms with Crippen molar-refractivity contribution in [1.82, 2.24) is 15.1 Å². The maximum Gasteiger partial charge on any atom is 0.325 e. The Morgan fingerprint density at radius 3 is 2.75 bits per heavy atom. The largest absolute Gasteiger partial charge is 0.376 e. The van der Waals surface area contributed by atoms with Crippen LogP contribution in [0.15, 0.2) is 0 Å². The first-order valence-electron chi connectivity index (χ1n) is 9.09. The molecule has 0 aromatic rings. The minimum Gasteiger partial charge on any atom is -0.376 e. The van der Waals surface area contributed by atoms with E-state index in [1.165, 1.54) is 0 Å². The molecule has 2 heterocycles. The predicted octanol–water partition coefficient (Wildman–Crippen LogP) is 1.27. The summed E-state index contributed by atoms with van der Waals surface area (Å²) in [7, 11) is 0. The maximum atomic E-state index is 12.6. The molecule has 24 heavy (non-hydrogen) atoms. The summed E-state index contributed by atoms with van der Waals surface area (Å²) in [6.07, 6.45) is 6.10. The number of rotatable bonds is 5. The van der Waals surface area contributed by atoms with Crippen LogP contribution in [-0.4, -0.2) is 65.5 Å². The lowest BCUT2D eigenvalue weighted by atomic mass is 9.98. The molecule has 0 radical (unpaired) electrons. The van der Waals surface area contributed by atoms with E-state index in [4.69, 9.17) is 4.74 Å². The van der Waals surface area contributed by atoms with Crippen molar-refractivity contribution in [2.75, 3.05) is 26.2 Å². The number of amides is 4. The summed E-state index contributed by atoms with van der Waals surface area (Å²) in [6.45, 7) is 3.81. The summed E-state index contributed by atoms with van der Waals surface area (Å²) < 4.78 is 5.75. The molecule has 2 aliphatic heterocycles. The topological polar surface area (TPSA) is 79.0 Å². The van der Waals surface area contributed by atoms with Gasteiger partial charge in [-0.15, -0.1) is 0 Å². The molecule has 134 valence electrons. The Bertz CT molecular complexity index is 516. The third-order valence-electron chi connectivity index (χ3n) is 5.28. The van der Waals surface area contributed by atoms with Gasteiger partial charge in [0.25, 0.3) is 5.91 Å². The van der Waals surface area contributed by atoms with Gasteiger partial charge in [-0.1, -0.05) is 19.8 Å². The zero-order valence-corrected chi connectivity index (χ0v) is 14.4. The first kappa shape index (κ1) is 17.2. The molecule has 7 heteroatoms. The lowest BCUT2D eigenvalue weighted by Crippen LogP contribution is -2.49. The summed E-state index contributed by atoms with van der Waals surface area (Å²) in [5, 5.41) is 2.82. The number of carbonyl (C=O) groups is 3. The second-order valence-corrected chi connectivity index (χ2v) is 7.09. The average Bonchev–Trinajstić information content (AvgIpc) is 3.14. The summed E-state index contributed by atoms with van der Waals surface area (Å²) in [6, 6.07) is -0.425. The third kappa shape index (κ3) is 3.27. The Labute approximate surface area is 142 Å². The first-order chi connectivity index (χ1) is 11.6. The van der Waals surface area contributed by atoms with Crippen LogP contribution < -0.4 is 5.32 Å². The van der Waals surface area contributed by atoms with Gasteiger partial charge in [0, 0.05) is 19.7 Å². The number of nitrogens with zero attached hydrogens (tertiary/aromatic N) is 2. The zero-order chi connectivity index (χ0) is 17.2.